The SMILES string of the molecule is CN(Cc1ccc(OC(F)F)cc1)C(=O)C1CCCN(Cc2cccc(F)c2)C1. The number of benzene rings is 2. The summed E-state index contributed by atoms with van der Waals surface area (Å²) in [6.07, 6.45) is 1.74. The van der Waals surface area contributed by atoms with Crippen molar-refractivity contribution in [3.63, 3.8) is 0 Å². The second kappa shape index (κ2) is 9.78. The average molecular weight is 406 g/mol. The van der Waals surface area contributed by atoms with Gasteiger partial charge in [0.25, 0.3) is 0 Å². The number of amides is 1. The third-order valence-corrected chi connectivity index (χ3v) is 5.09. The predicted molar refractivity (Wildman–Crippen MR) is 104 cm³/mol. The van der Waals surface area contributed by atoms with E-state index >= 15 is 0 Å². The van der Waals surface area contributed by atoms with Crippen molar-refractivity contribution in [3.05, 3.63) is 65.5 Å². The summed E-state index contributed by atoms with van der Waals surface area (Å²) in [4.78, 5) is 16.7. The van der Waals surface area contributed by atoms with Crippen LogP contribution in [0.3, 0.4) is 0 Å². The van der Waals surface area contributed by atoms with Gasteiger partial charge < -0.3 is 9.64 Å². The summed E-state index contributed by atoms with van der Waals surface area (Å²) < 4.78 is 42.2. The Bertz CT molecular complexity index is 814. The minimum absolute atomic E-state index is 0.0573. The van der Waals surface area contributed by atoms with Crippen LogP contribution in [0.2, 0.25) is 0 Å². The molecule has 1 amide bonds. The molecule has 0 N–H and O–H groups in total. The van der Waals surface area contributed by atoms with Gasteiger partial charge >= 0.3 is 6.61 Å². The standard InChI is InChI=1S/C22H25F3N2O2/c1-26(13-16-7-9-20(10-8-16)29-22(24)25)21(28)18-5-3-11-27(15-18)14-17-4-2-6-19(23)12-17/h2,4,6-10,12,18,22H,3,5,11,13-15H2,1H3. The van der Waals surface area contributed by atoms with Crippen LogP contribution in [0.1, 0.15) is 24.0 Å². The first-order chi connectivity index (χ1) is 13.9. The van der Waals surface area contributed by atoms with Crippen molar-refractivity contribution in [1.82, 2.24) is 9.80 Å². The number of halogens is 3. The van der Waals surface area contributed by atoms with E-state index in [1.165, 1.54) is 24.3 Å². The lowest BCUT2D eigenvalue weighted by molar-refractivity contribution is -0.136. The number of piperidine rings is 1. The smallest absolute Gasteiger partial charge is 0.387 e. The van der Waals surface area contributed by atoms with Crippen molar-refractivity contribution in [2.24, 2.45) is 5.92 Å². The van der Waals surface area contributed by atoms with Crippen LogP contribution in [-0.2, 0) is 17.9 Å². The minimum Gasteiger partial charge on any atom is -0.435 e. The van der Waals surface area contributed by atoms with Crippen molar-refractivity contribution in [3.8, 4) is 5.75 Å². The molecule has 29 heavy (non-hydrogen) atoms. The number of ether oxygens (including phenoxy) is 1. The quantitative estimate of drug-likeness (QED) is 0.688. The molecule has 1 saturated heterocycles. The third-order valence-electron chi connectivity index (χ3n) is 5.09. The first-order valence-corrected chi connectivity index (χ1v) is 9.66. The summed E-state index contributed by atoms with van der Waals surface area (Å²) in [7, 11) is 1.75. The Morgan fingerprint density at radius 3 is 2.66 bits per heavy atom. The molecule has 7 heteroatoms. The molecule has 3 rings (SSSR count). The highest BCUT2D eigenvalue weighted by atomic mass is 19.3. The van der Waals surface area contributed by atoms with Gasteiger partial charge in [0.2, 0.25) is 5.91 Å². The fourth-order valence-electron chi connectivity index (χ4n) is 3.73. The molecule has 1 atom stereocenters. The van der Waals surface area contributed by atoms with Crippen molar-refractivity contribution >= 4 is 5.91 Å². The number of alkyl halides is 2. The number of carbonyl (C=O) groups excluding carboxylic acids is 1. The first-order valence-electron chi connectivity index (χ1n) is 9.66. The van der Waals surface area contributed by atoms with E-state index < -0.39 is 6.61 Å². The van der Waals surface area contributed by atoms with Gasteiger partial charge in [0.15, 0.2) is 0 Å². The van der Waals surface area contributed by atoms with E-state index in [4.69, 9.17) is 0 Å². The number of hydrogen-bond donors (Lipinski definition) is 0. The van der Waals surface area contributed by atoms with Crippen molar-refractivity contribution < 1.29 is 22.7 Å². The molecule has 0 spiro atoms. The van der Waals surface area contributed by atoms with Crippen LogP contribution in [0.4, 0.5) is 13.2 Å². The van der Waals surface area contributed by atoms with Crippen LogP contribution in [0, 0.1) is 11.7 Å². The van der Waals surface area contributed by atoms with Gasteiger partial charge in [-0.15, -0.1) is 0 Å². The van der Waals surface area contributed by atoms with Gasteiger partial charge in [0.05, 0.1) is 5.92 Å². The van der Waals surface area contributed by atoms with Crippen molar-refractivity contribution in [1.29, 1.82) is 0 Å². The molecular formula is C22H25F3N2O2. The molecule has 0 aliphatic carbocycles. The summed E-state index contributed by atoms with van der Waals surface area (Å²) in [5.74, 6) is -0.208. The van der Waals surface area contributed by atoms with Crippen LogP contribution in [0.15, 0.2) is 48.5 Å². The number of likely N-dealkylation sites (tertiary alicyclic amines) is 1. The highest BCUT2D eigenvalue weighted by Crippen LogP contribution is 2.22. The highest BCUT2D eigenvalue weighted by molar-refractivity contribution is 5.79. The van der Waals surface area contributed by atoms with Crippen molar-refractivity contribution in [2.75, 3.05) is 20.1 Å². The molecule has 2 aromatic rings. The molecule has 4 nitrogen and oxygen atoms in total. The van der Waals surface area contributed by atoms with Gasteiger partial charge in [-0.1, -0.05) is 24.3 Å². The van der Waals surface area contributed by atoms with E-state index in [2.05, 4.69) is 9.64 Å². The predicted octanol–water partition coefficient (Wildman–Crippen LogP) is 4.30. The highest BCUT2D eigenvalue weighted by Gasteiger charge is 2.28. The molecule has 0 aromatic heterocycles. The number of rotatable bonds is 7. The Morgan fingerprint density at radius 1 is 1.21 bits per heavy atom. The van der Waals surface area contributed by atoms with Crippen LogP contribution in [-0.4, -0.2) is 42.5 Å². The molecule has 1 fully saturated rings. The van der Waals surface area contributed by atoms with Crippen LogP contribution < -0.4 is 4.74 Å². The summed E-state index contributed by atoms with van der Waals surface area (Å²) in [5.41, 5.74) is 1.74. The Hall–Kier alpha value is -2.54. The second-order valence-electron chi connectivity index (χ2n) is 7.42. The van der Waals surface area contributed by atoms with Gasteiger partial charge in [0, 0.05) is 26.7 Å². The zero-order chi connectivity index (χ0) is 20.8. The molecule has 1 unspecified atom stereocenters. The zero-order valence-electron chi connectivity index (χ0n) is 16.4. The molecule has 156 valence electrons. The Labute approximate surface area is 168 Å². The van der Waals surface area contributed by atoms with E-state index in [-0.39, 0.29) is 23.4 Å². The molecular weight excluding hydrogens is 381 g/mol. The Kier molecular flexibility index (Phi) is 7.14. The number of carbonyl (C=O) groups is 1. The van der Waals surface area contributed by atoms with Gasteiger partial charge in [-0.3, -0.25) is 9.69 Å². The summed E-state index contributed by atoms with van der Waals surface area (Å²) >= 11 is 0. The fourth-order valence-corrected chi connectivity index (χ4v) is 3.73. The molecule has 0 radical (unpaired) electrons. The lowest BCUT2D eigenvalue weighted by atomic mass is 9.96. The first kappa shape index (κ1) is 21.2. The molecule has 2 aromatic carbocycles. The molecule has 1 heterocycles. The fraction of sp³-hybridized carbons (Fsp3) is 0.409. The van der Waals surface area contributed by atoms with Crippen LogP contribution in [0.5, 0.6) is 5.75 Å². The maximum absolute atomic E-state index is 13.4. The molecule has 0 bridgehead atoms. The number of hydrogen-bond acceptors (Lipinski definition) is 3. The maximum Gasteiger partial charge on any atom is 0.387 e. The van der Waals surface area contributed by atoms with E-state index in [0.29, 0.717) is 19.6 Å². The van der Waals surface area contributed by atoms with Gasteiger partial charge in [-0.05, 0) is 54.8 Å². The van der Waals surface area contributed by atoms with Gasteiger partial charge in [-0.25, -0.2) is 4.39 Å². The van der Waals surface area contributed by atoms with E-state index in [9.17, 15) is 18.0 Å². The molecule has 1 aliphatic rings. The molecule has 1 aliphatic heterocycles. The molecule has 0 saturated carbocycles. The largest absolute Gasteiger partial charge is 0.435 e. The average Bonchev–Trinajstić information content (AvgIpc) is 2.69. The van der Waals surface area contributed by atoms with Crippen molar-refractivity contribution in [2.45, 2.75) is 32.5 Å². The minimum atomic E-state index is -2.85. The lowest BCUT2D eigenvalue weighted by Gasteiger charge is -2.34. The Balaban J connectivity index is 1.54. The summed E-state index contributed by atoms with van der Waals surface area (Å²) in [6, 6.07) is 12.8. The van der Waals surface area contributed by atoms with E-state index in [1.54, 1.807) is 30.1 Å². The Morgan fingerprint density at radius 2 is 1.97 bits per heavy atom. The van der Waals surface area contributed by atoms with Crippen LogP contribution in [0.25, 0.3) is 0 Å². The maximum atomic E-state index is 13.4. The van der Waals surface area contributed by atoms with E-state index in [1.807, 2.05) is 6.07 Å². The monoisotopic (exact) mass is 406 g/mol. The second-order valence-corrected chi connectivity index (χ2v) is 7.42. The normalized spacial score (nSPS) is 17.3. The van der Waals surface area contributed by atoms with Gasteiger partial charge in [0.1, 0.15) is 11.6 Å². The zero-order valence-corrected chi connectivity index (χ0v) is 16.4. The summed E-state index contributed by atoms with van der Waals surface area (Å²) in [5, 5.41) is 0. The number of nitrogens with zero attached hydrogens (tertiary/aromatic N) is 2. The summed E-state index contributed by atoms with van der Waals surface area (Å²) in [6.45, 7) is -0.312. The lowest BCUT2D eigenvalue weighted by Crippen LogP contribution is -2.43. The van der Waals surface area contributed by atoms with Crippen LogP contribution >= 0.6 is 0 Å². The van der Waals surface area contributed by atoms with Gasteiger partial charge in [-0.2, -0.15) is 8.78 Å². The third kappa shape index (κ3) is 6.22. The topological polar surface area (TPSA) is 32.8 Å². The van der Waals surface area contributed by atoms with E-state index in [0.717, 1.165) is 30.5 Å².